The van der Waals surface area contributed by atoms with Crippen molar-refractivity contribution < 1.29 is 18.7 Å². The molecule has 0 aliphatic carbocycles. The van der Waals surface area contributed by atoms with Gasteiger partial charge in [-0.15, -0.1) is 11.3 Å². The average molecular weight is 338 g/mol. The number of aliphatic hydroxyl groups is 1. The second-order valence-corrected chi connectivity index (χ2v) is 6.35. The van der Waals surface area contributed by atoms with Crippen LogP contribution < -0.4 is 5.32 Å². The maximum atomic E-state index is 12.1. The fourth-order valence-electron chi connectivity index (χ4n) is 2.08. The van der Waals surface area contributed by atoms with E-state index in [1.807, 2.05) is 0 Å². The van der Waals surface area contributed by atoms with E-state index < -0.39 is 5.60 Å². The lowest BCUT2D eigenvalue weighted by atomic mass is 9.93. The third kappa shape index (κ3) is 2.81. The number of halogens is 1. The summed E-state index contributed by atoms with van der Waals surface area (Å²) in [6.07, 6.45) is 4.32. The van der Waals surface area contributed by atoms with Gasteiger partial charge in [-0.05, 0) is 30.3 Å². The van der Waals surface area contributed by atoms with Crippen molar-refractivity contribution in [1.82, 2.24) is 5.32 Å². The Morgan fingerprint density at radius 3 is 2.77 bits per heavy atom. The molecule has 114 valence electrons. The molecular formula is C15H12ClNO4S. The van der Waals surface area contributed by atoms with Crippen LogP contribution in [0.15, 0.2) is 58.0 Å². The molecule has 0 saturated carbocycles. The first-order valence-electron chi connectivity index (χ1n) is 6.42. The minimum Gasteiger partial charge on any atom is -0.472 e. The predicted molar refractivity (Wildman–Crippen MR) is 82.1 cm³/mol. The van der Waals surface area contributed by atoms with Crippen LogP contribution in [0.1, 0.15) is 21.0 Å². The van der Waals surface area contributed by atoms with Gasteiger partial charge < -0.3 is 19.3 Å². The molecule has 0 bridgehead atoms. The number of nitrogens with one attached hydrogen (secondary N) is 1. The highest BCUT2D eigenvalue weighted by molar-refractivity contribution is 7.17. The van der Waals surface area contributed by atoms with Crippen molar-refractivity contribution in [3.63, 3.8) is 0 Å². The first-order chi connectivity index (χ1) is 10.6. The summed E-state index contributed by atoms with van der Waals surface area (Å²) < 4.78 is 10.9. The molecule has 1 amide bonds. The maximum absolute atomic E-state index is 12.1. The number of rotatable bonds is 5. The molecule has 22 heavy (non-hydrogen) atoms. The van der Waals surface area contributed by atoms with Crippen LogP contribution in [0.25, 0.3) is 0 Å². The third-order valence-corrected chi connectivity index (χ3v) is 4.46. The fourth-order valence-corrected chi connectivity index (χ4v) is 3.04. The van der Waals surface area contributed by atoms with Gasteiger partial charge in [0.05, 0.1) is 34.5 Å². The molecule has 2 N–H and O–H groups in total. The fraction of sp³-hybridized carbons (Fsp3) is 0.133. The van der Waals surface area contributed by atoms with E-state index in [0.29, 0.717) is 20.5 Å². The first-order valence-corrected chi connectivity index (χ1v) is 7.61. The Labute approximate surface area is 135 Å². The minimum absolute atomic E-state index is 0.0611. The molecular weight excluding hydrogens is 326 g/mol. The van der Waals surface area contributed by atoms with Gasteiger partial charge in [-0.25, -0.2) is 0 Å². The molecule has 0 saturated heterocycles. The van der Waals surface area contributed by atoms with Gasteiger partial charge in [0, 0.05) is 5.56 Å². The largest absolute Gasteiger partial charge is 0.472 e. The van der Waals surface area contributed by atoms with E-state index in [1.54, 1.807) is 30.3 Å². The average Bonchev–Trinajstić information content (AvgIpc) is 3.24. The molecule has 5 nitrogen and oxygen atoms in total. The van der Waals surface area contributed by atoms with Gasteiger partial charge in [0.2, 0.25) is 0 Å². The van der Waals surface area contributed by atoms with E-state index >= 15 is 0 Å². The summed E-state index contributed by atoms with van der Waals surface area (Å²) >= 11 is 6.99. The summed E-state index contributed by atoms with van der Waals surface area (Å²) in [5.41, 5.74) is -1.01. The highest BCUT2D eigenvalue weighted by Gasteiger charge is 2.36. The summed E-state index contributed by atoms with van der Waals surface area (Å²) in [6, 6.07) is 8.21. The van der Waals surface area contributed by atoms with Crippen LogP contribution in [-0.4, -0.2) is 17.6 Å². The van der Waals surface area contributed by atoms with Gasteiger partial charge >= 0.3 is 0 Å². The topological polar surface area (TPSA) is 75.6 Å². The van der Waals surface area contributed by atoms with Gasteiger partial charge in [-0.3, -0.25) is 4.79 Å². The molecule has 0 aliphatic heterocycles. The Kier molecular flexibility index (Phi) is 4.06. The molecule has 0 radical (unpaired) electrons. The molecule has 3 rings (SSSR count). The third-order valence-electron chi connectivity index (χ3n) is 3.23. The Bertz CT molecular complexity index is 714. The van der Waals surface area contributed by atoms with E-state index in [0.717, 1.165) is 0 Å². The Hall–Kier alpha value is -2.02. The highest BCUT2D eigenvalue weighted by atomic mass is 35.5. The van der Waals surface area contributed by atoms with Crippen molar-refractivity contribution in [2.24, 2.45) is 0 Å². The summed E-state index contributed by atoms with van der Waals surface area (Å²) in [5, 5.41) is 13.6. The lowest BCUT2D eigenvalue weighted by Crippen LogP contribution is -2.41. The minimum atomic E-state index is -1.51. The number of carbonyl (C=O) groups excluding carboxylic acids is 1. The summed E-state index contributed by atoms with van der Waals surface area (Å²) in [5.74, 6) is 0.00351. The normalized spacial score (nSPS) is 13.7. The van der Waals surface area contributed by atoms with Gasteiger partial charge in [-0.1, -0.05) is 11.6 Å². The Balaban J connectivity index is 1.81. The second-order valence-electron chi connectivity index (χ2n) is 4.64. The molecule has 0 unspecified atom stereocenters. The van der Waals surface area contributed by atoms with Gasteiger partial charge in [0.1, 0.15) is 5.76 Å². The van der Waals surface area contributed by atoms with Gasteiger partial charge in [-0.2, -0.15) is 0 Å². The van der Waals surface area contributed by atoms with Crippen molar-refractivity contribution in [2.75, 3.05) is 6.54 Å². The molecule has 0 aliphatic rings. The van der Waals surface area contributed by atoms with E-state index in [2.05, 4.69) is 5.32 Å². The van der Waals surface area contributed by atoms with Crippen molar-refractivity contribution in [1.29, 1.82) is 0 Å². The smallest absolute Gasteiger partial charge is 0.261 e. The maximum Gasteiger partial charge on any atom is 0.261 e. The van der Waals surface area contributed by atoms with Crippen molar-refractivity contribution in [3.8, 4) is 0 Å². The molecule has 1 atom stereocenters. The van der Waals surface area contributed by atoms with Crippen LogP contribution in [-0.2, 0) is 5.60 Å². The first kappa shape index (κ1) is 14.9. The van der Waals surface area contributed by atoms with E-state index in [9.17, 15) is 9.90 Å². The second kappa shape index (κ2) is 6.00. The van der Waals surface area contributed by atoms with Crippen LogP contribution in [0.2, 0.25) is 4.34 Å². The number of furan rings is 2. The zero-order valence-corrected chi connectivity index (χ0v) is 12.9. The SMILES string of the molecule is O=C(NC[C@@](O)(c1ccoc1)c1ccco1)c1ccc(Cl)s1. The van der Waals surface area contributed by atoms with Crippen molar-refractivity contribution >= 4 is 28.8 Å². The van der Waals surface area contributed by atoms with Crippen molar-refractivity contribution in [2.45, 2.75) is 5.60 Å². The number of carbonyl (C=O) groups is 1. The lowest BCUT2D eigenvalue weighted by molar-refractivity contribution is 0.0521. The lowest BCUT2D eigenvalue weighted by Gasteiger charge is -2.25. The molecule has 3 aromatic heterocycles. The molecule has 3 heterocycles. The standard InChI is InChI=1S/C15H12ClNO4S/c16-13-4-3-11(22-13)14(18)17-9-15(19,10-5-7-20-8-10)12-2-1-6-21-12/h1-8,19H,9H2,(H,17,18)/t15-/m1/s1. The molecule has 7 heteroatoms. The van der Waals surface area contributed by atoms with Crippen LogP contribution in [0.5, 0.6) is 0 Å². The summed E-state index contributed by atoms with van der Waals surface area (Å²) in [7, 11) is 0. The summed E-state index contributed by atoms with van der Waals surface area (Å²) in [6.45, 7) is -0.0611. The summed E-state index contributed by atoms with van der Waals surface area (Å²) in [4.78, 5) is 12.6. The molecule has 0 spiro atoms. The number of thiophene rings is 1. The van der Waals surface area contributed by atoms with E-state index in [1.165, 1.54) is 30.1 Å². The van der Waals surface area contributed by atoms with Crippen LogP contribution in [0.3, 0.4) is 0 Å². The van der Waals surface area contributed by atoms with Crippen LogP contribution in [0.4, 0.5) is 0 Å². The number of hydrogen-bond acceptors (Lipinski definition) is 5. The zero-order chi connectivity index (χ0) is 15.6. The van der Waals surface area contributed by atoms with Crippen LogP contribution in [0, 0.1) is 0 Å². The van der Waals surface area contributed by atoms with Gasteiger partial charge in [0.15, 0.2) is 5.60 Å². The monoisotopic (exact) mass is 337 g/mol. The number of amides is 1. The quantitative estimate of drug-likeness (QED) is 0.749. The van der Waals surface area contributed by atoms with Gasteiger partial charge in [0.25, 0.3) is 5.91 Å². The van der Waals surface area contributed by atoms with Crippen LogP contribution >= 0.6 is 22.9 Å². The Morgan fingerprint density at radius 2 is 2.18 bits per heavy atom. The molecule has 0 aromatic carbocycles. The highest BCUT2D eigenvalue weighted by Crippen LogP contribution is 2.30. The van der Waals surface area contributed by atoms with Crippen molar-refractivity contribution in [3.05, 3.63) is 69.7 Å². The Morgan fingerprint density at radius 1 is 1.32 bits per heavy atom. The number of hydrogen-bond donors (Lipinski definition) is 2. The molecule has 3 aromatic rings. The zero-order valence-electron chi connectivity index (χ0n) is 11.3. The molecule has 0 fully saturated rings. The van der Waals surface area contributed by atoms with E-state index in [4.69, 9.17) is 20.4 Å². The predicted octanol–water partition coefficient (Wildman–Crippen LogP) is 3.25. The van der Waals surface area contributed by atoms with E-state index in [-0.39, 0.29) is 12.5 Å².